The maximum Gasteiger partial charge on any atom is 0.144 e. The van der Waals surface area contributed by atoms with E-state index in [4.69, 9.17) is 5.26 Å². The summed E-state index contributed by atoms with van der Waals surface area (Å²) in [6.07, 6.45) is 5.73. The molecule has 0 radical (unpaired) electrons. The standard InChI is InChI=1S/C12H15N3/c13-8-12-11(2-1-6-15-12)9-14-7-5-10-3-4-10/h1-2,6,10,14H,3-5,7,9H2. The van der Waals surface area contributed by atoms with Crippen LogP contribution in [0.3, 0.4) is 0 Å². The number of nitriles is 1. The van der Waals surface area contributed by atoms with Gasteiger partial charge in [-0.15, -0.1) is 0 Å². The van der Waals surface area contributed by atoms with Crippen LogP contribution in [0, 0.1) is 17.2 Å². The smallest absolute Gasteiger partial charge is 0.144 e. The van der Waals surface area contributed by atoms with E-state index >= 15 is 0 Å². The van der Waals surface area contributed by atoms with Crippen molar-refractivity contribution < 1.29 is 0 Å². The third-order valence-electron chi connectivity index (χ3n) is 2.74. The SMILES string of the molecule is N#Cc1ncccc1CNCCC1CC1. The first-order valence-corrected chi connectivity index (χ1v) is 5.45. The fraction of sp³-hybridized carbons (Fsp3) is 0.500. The lowest BCUT2D eigenvalue weighted by Gasteiger charge is -2.04. The molecule has 1 saturated carbocycles. The van der Waals surface area contributed by atoms with Crippen LogP contribution in [-0.2, 0) is 6.54 Å². The van der Waals surface area contributed by atoms with Crippen molar-refractivity contribution in [1.82, 2.24) is 10.3 Å². The monoisotopic (exact) mass is 201 g/mol. The van der Waals surface area contributed by atoms with E-state index in [2.05, 4.69) is 16.4 Å². The molecule has 0 aliphatic heterocycles. The van der Waals surface area contributed by atoms with Crippen molar-refractivity contribution in [1.29, 1.82) is 5.26 Å². The Kier molecular flexibility index (Phi) is 3.31. The second-order valence-corrected chi connectivity index (χ2v) is 4.03. The molecule has 1 aliphatic carbocycles. The maximum absolute atomic E-state index is 8.83. The van der Waals surface area contributed by atoms with Crippen molar-refractivity contribution >= 4 is 0 Å². The predicted octanol–water partition coefficient (Wildman–Crippen LogP) is 1.84. The number of rotatable bonds is 5. The number of nitrogens with one attached hydrogen (secondary N) is 1. The Morgan fingerprint density at radius 1 is 1.53 bits per heavy atom. The number of pyridine rings is 1. The van der Waals surface area contributed by atoms with E-state index in [-0.39, 0.29) is 0 Å². The molecule has 3 heteroatoms. The number of hydrogen-bond acceptors (Lipinski definition) is 3. The molecule has 1 aliphatic rings. The fourth-order valence-electron chi connectivity index (χ4n) is 1.62. The van der Waals surface area contributed by atoms with Gasteiger partial charge in [0.1, 0.15) is 11.8 Å². The second-order valence-electron chi connectivity index (χ2n) is 4.03. The number of aromatic nitrogens is 1. The van der Waals surface area contributed by atoms with Crippen LogP contribution in [0.25, 0.3) is 0 Å². The summed E-state index contributed by atoms with van der Waals surface area (Å²) in [5.74, 6) is 0.960. The molecule has 1 heterocycles. The Bertz CT molecular complexity index is 363. The molecule has 0 amide bonds. The summed E-state index contributed by atoms with van der Waals surface area (Å²) in [7, 11) is 0. The zero-order chi connectivity index (χ0) is 10.5. The molecule has 1 aromatic heterocycles. The average Bonchev–Trinajstić information content (AvgIpc) is 3.09. The van der Waals surface area contributed by atoms with Crippen LogP contribution >= 0.6 is 0 Å². The van der Waals surface area contributed by atoms with Gasteiger partial charge in [-0.1, -0.05) is 18.9 Å². The third kappa shape index (κ3) is 3.03. The minimum Gasteiger partial charge on any atom is -0.313 e. The molecule has 0 aromatic carbocycles. The highest BCUT2D eigenvalue weighted by Crippen LogP contribution is 2.31. The average molecular weight is 201 g/mol. The quantitative estimate of drug-likeness (QED) is 0.739. The Labute approximate surface area is 90.1 Å². The highest BCUT2D eigenvalue weighted by molar-refractivity contribution is 5.30. The van der Waals surface area contributed by atoms with Crippen molar-refractivity contribution in [3.8, 4) is 6.07 Å². The van der Waals surface area contributed by atoms with E-state index in [0.717, 1.165) is 24.6 Å². The lowest BCUT2D eigenvalue weighted by Crippen LogP contribution is -2.16. The predicted molar refractivity (Wildman–Crippen MR) is 58.0 cm³/mol. The van der Waals surface area contributed by atoms with Crippen LogP contribution in [-0.4, -0.2) is 11.5 Å². The molecule has 1 aromatic rings. The van der Waals surface area contributed by atoms with Crippen molar-refractivity contribution in [2.45, 2.75) is 25.8 Å². The van der Waals surface area contributed by atoms with Crippen molar-refractivity contribution in [3.63, 3.8) is 0 Å². The van der Waals surface area contributed by atoms with Gasteiger partial charge in [0.05, 0.1) is 0 Å². The topological polar surface area (TPSA) is 48.7 Å². The van der Waals surface area contributed by atoms with Crippen LogP contribution in [0.1, 0.15) is 30.5 Å². The molecule has 78 valence electrons. The summed E-state index contributed by atoms with van der Waals surface area (Å²) in [6, 6.07) is 5.93. The molecule has 2 rings (SSSR count). The Balaban J connectivity index is 1.79. The summed E-state index contributed by atoms with van der Waals surface area (Å²) < 4.78 is 0. The molecule has 1 fully saturated rings. The molecule has 0 bridgehead atoms. The number of hydrogen-bond donors (Lipinski definition) is 1. The molecule has 3 nitrogen and oxygen atoms in total. The van der Waals surface area contributed by atoms with Crippen LogP contribution in [0.5, 0.6) is 0 Å². The highest BCUT2D eigenvalue weighted by atomic mass is 14.9. The zero-order valence-corrected chi connectivity index (χ0v) is 8.74. The van der Waals surface area contributed by atoms with Crippen LogP contribution in [0.15, 0.2) is 18.3 Å². The first-order chi connectivity index (χ1) is 7.40. The summed E-state index contributed by atoms with van der Waals surface area (Å²) >= 11 is 0. The van der Waals surface area contributed by atoms with Gasteiger partial charge < -0.3 is 5.32 Å². The summed E-state index contributed by atoms with van der Waals surface area (Å²) in [4.78, 5) is 4.02. The summed E-state index contributed by atoms with van der Waals surface area (Å²) in [6.45, 7) is 1.80. The molecule has 0 atom stereocenters. The van der Waals surface area contributed by atoms with Gasteiger partial charge in [0, 0.05) is 18.3 Å². The largest absolute Gasteiger partial charge is 0.313 e. The van der Waals surface area contributed by atoms with Gasteiger partial charge >= 0.3 is 0 Å². The van der Waals surface area contributed by atoms with E-state index in [9.17, 15) is 0 Å². The van der Waals surface area contributed by atoms with E-state index in [1.807, 2.05) is 12.1 Å². The van der Waals surface area contributed by atoms with Crippen molar-refractivity contribution in [3.05, 3.63) is 29.6 Å². The zero-order valence-electron chi connectivity index (χ0n) is 8.74. The fourth-order valence-corrected chi connectivity index (χ4v) is 1.62. The van der Waals surface area contributed by atoms with Gasteiger partial charge in [-0.2, -0.15) is 5.26 Å². The highest BCUT2D eigenvalue weighted by Gasteiger charge is 2.19. The first kappa shape index (κ1) is 10.1. The van der Waals surface area contributed by atoms with E-state index < -0.39 is 0 Å². The molecular formula is C12H15N3. The number of nitrogens with zero attached hydrogens (tertiary/aromatic N) is 2. The van der Waals surface area contributed by atoms with E-state index in [0.29, 0.717) is 5.69 Å². The Hall–Kier alpha value is -1.40. The van der Waals surface area contributed by atoms with Gasteiger partial charge in [0.2, 0.25) is 0 Å². The molecule has 15 heavy (non-hydrogen) atoms. The van der Waals surface area contributed by atoms with Crippen molar-refractivity contribution in [2.24, 2.45) is 5.92 Å². The Morgan fingerprint density at radius 2 is 2.40 bits per heavy atom. The van der Waals surface area contributed by atoms with Gasteiger partial charge in [-0.25, -0.2) is 4.98 Å². The minimum absolute atomic E-state index is 0.538. The lowest BCUT2D eigenvalue weighted by molar-refractivity contribution is 0.611. The van der Waals surface area contributed by atoms with Gasteiger partial charge in [0.15, 0.2) is 0 Å². The van der Waals surface area contributed by atoms with Gasteiger partial charge in [-0.3, -0.25) is 0 Å². The molecule has 0 saturated heterocycles. The maximum atomic E-state index is 8.83. The van der Waals surface area contributed by atoms with Gasteiger partial charge in [-0.05, 0) is 24.9 Å². The van der Waals surface area contributed by atoms with Crippen molar-refractivity contribution in [2.75, 3.05) is 6.54 Å². The molecular weight excluding hydrogens is 186 g/mol. The normalized spacial score (nSPS) is 14.9. The van der Waals surface area contributed by atoms with Crippen LogP contribution in [0.4, 0.5) is 0 Å². The summed E-state index contributed by atoms with van der Waals surface area (Å²) in [5, 5.41) is 12.2. The molecule has 0 spiro atoms. The third-order valence-corrected chi connectivity index (χ3v) is 2.74. The van der Waals surface area contributed by atoms with Crippen LogP contribution in [0.2, 0.25) is 0 Å². The second kappa shape index (κ2) is 4.90. The van der Waals surface area contributed by atoms with Crippen LogP contribution < -0.4 is 5.32 Å². The van der Waals surface area contributed by atoms with E-state index in [1.165, 1.54) is 19.3 Å². The first-order valence-electron chi connectivity index (χ1n) is 5.45. The van der Waals surface area contributed by atoms with Gasteiger partial charge in [0.25, 0.3) is 0 Å². The minimum atomic E-state index is 0.538. The Morgan fingerprint density at radius 3 is 3.13 bits per heavy atom. The lowest BCUT2D eigenvalue weighted by atomic mass is 10.2. The van der Waals surface area contributed by atoms with E-state index in [1.54, 1.807) is 6.20 Å². The molecule has 0 unspecified atom stereocenters. The molecule has 1 N–H and O–H groups in total. The summed E-state index contributed by atoms with van der Waals surface area (Å²) in [5.41, 5.74) is 1.53.